The summed E-state index contributed by atoms with van der Waals surface area (Å²) in [6, 6.07) is 11.2. The van der Waals surface area contributed by atoms with Gasteiger partial charge in [-0.05, 0) is 51.0 Å². The fourth-order valence-corrected chi connectivity index (χ4v) is 2.79. The van der Waals surface area contributed by atoms with Gasteiger partial charge in [0.05, 0.1) is 11.1 Å². The first kappa shape index (κ1) is 24.2. The van der Waals surface area contributed by atoms with E-state index < -0.39 is 35.3 Å². The van der Waals surface area contributed by atoms with Gasteiger partial charge in [-0.1, -0.05) is 37.3 Å². The monoisotopic (exact) mass is 436 g/mol. The molecule has 2 aromatic rings. The molecule has 0 aromatic heterocycles. The Morgan fingerprint density at radius 1 is 1.03 bits per heavy atom. The Morgan fingerprint density at radius 2 is 1.68 bits per heavy atom. The van der Waals surface area contributed by atoms with Crippen LogP contribution in [0.2, 0.25) is 0 Å². The Balaban J connectivity index is 2.29. The molecule has 0 saturated carbocycles. The minimum atomic E-state index is -4.61. The molecular formula is C23H27F3N2O3. The molecule has 0 saturated heterocycles. The van der Waals surface area contributed by atoms with Crippen LogP contribution in [0.1, 0.15) is 55.6 Å². The first-order valence-corrected chi connectivity index (χ1v) is 9.93. The summed E-state index contributed by atoms with van der Waals surface area (Å²) in [7, 11) is 0. The van der Waals surface area contributed by atoms with E-state index >= 15 is 0 Å². The molecule has 0 fully saturated rings. The average molecular weight is 436 g/mol. The molecule has 0 aliphatic rings. The third-order valence-electron chi connectivity index (χ3n) is 4.32. The minimum absolute atomic E-state index is 0.201. The molecule has 31 heavy (non-hydrogen) atoms. The predicted molar refractivity (Wildman–Crippen MR) is 113 cm³/mol. The summed E-state index contributed by atoms with van der Waals surface area (Å²) in [4.78, 5) is 25.2. The Hall–Kier alpha value is -3.03. The molecule has 0 radical (unpaired) electrons. The summed E-state index contributed by atoms with van der Waals surface area (Å²) < 4.78 is 45.0. The van der Waals surface area contributed by atoms with Gasteiger partial charge >= 0.3 is 12.1 Å². The third kappa shape index (κ3) is 7.31. The first-order valence-electron chi connectivity index (χ1n) is 9.93. The predicted octanol–water partition coefficient (Wildman–Crippen LogP) is 5.17. The molecule has 0 aliphatic carbocycles. The minimum Gasteiger partial charge on any atom is -0.458 e. The van der Waals surface area contributed by atoms with Gasteiger partial charge in [-0.2, -0.15) is 13.2 Å². The second-order valence-corrected chi connectivity index (χ2v) is 8.07. The van der Waals surface area contributed by atoms with E-state index in [0.717, 1.165) is 17.7 Å². The Bertz CT molecular complexity index is 907. The van der Waals surface area contributed by atoms with Gasteiger partial charge < -0.3 is 15.4 Å². The standard InChI is InChI=1S/C23H27F3N2O3/c1-5-18(21(30)31-22(2,3)4)28-20(29)17-13-16(23(24,25)26)11-12-19(17)27-14-15-9-7-6-8-10-15/h6-13,18,27H,5,14H2,1-4H3,(H,28,29). The van der Waals surface area contributed by atoms with Crippen molar-refractivity contribution >= 4 is 17.6 Å². The lowest BCUT2D eigenvalue weighted by Gasteiger charge is -2.24. The molecule has 168 valence electrons. The fourth-order valence-electron chi connectivity index (χ4n) is 2.79. The van der Waals surface area contributed by atoms with Crippen molar-refractivity contribution in [3.63, 3.8) is 0 Å². The smallest absolute Gasteiger partial charge is 0.416 e. The van der Waals surface area contributed by atoms with Crippen molar-refractivity contribution in [2.45, 2.75) is 58.5 Å². The number of carbonyl (C=O) groups is 2. The maximum Gasteiger partial charge on any atom is 0.416 e. The number of esters is 1. The molecule has 0 spiro atoms. The van der Waals surface area contributed by atoms with Crippen LogP contribution in [0.3, 0.4) is 0 Å². The van der Waals surface area contributed by atoms with Crippen LogP contribution in [-0.2, 0) is 22.3 Å². The van der Waals surface area contributed by atoms with E-state index in [0.29, 0.717) is 6.54 Å². The lowest BCUT2D eigenvalue weighted by molar-refractivity contribution is -0.157. The number of anilines is 1. The largest absolute Gasteiger partial charge is 0.458 e. The highest BCUT2D eigenvalue weighted by Crippen LogP contribution is 2.32. The zero-order valence-electron chi connectivity index (χ0n) is 18.0. The van der Waals surface area contributed by atoms with E-state index in [1.165, 1.54) is 6.07 Å². The molecule has 5 nitrogen and oxygen atoms in total. The topological polar surface area (TPSA) is 67.4 Å². The Morgan fingerprint density at radius 3 is 2.23 bits per heavy atom. The molecule has 2 N–H and O–H groups in total. The van der Waals surface area contributed by atoms with Gasteiger partial charge in [-0.15, -0.1) is 0 Å². The zero-order valence-corrected chi connectivity index (χ0v) is 18.0. The maximum absolute atomic E-state index is 13.2. The van der Waals surface area contributed by atoms with Crippen molar-refractivity contribution < 1.29 is 27.5 Å². The highest BCUT2D eigenvalue weighted by atomic mass is 19.4. The Labute approximate surface area is 180 Å². The maximum atomic E-state index is 13.2. The number of ether oxygens (including phenoxy) is 1. The normalized spacial score (nSPS) is 12.7. The second kappa shape index (κ2) is 9.85. The number of rotatable bonds is 7. The van der Waals surface area contributed by atoms with Crippen molar-refractivity contribution in [3.05, 3.63) is 65.2 Å². The fraction of sp³-hybridized carbons (Fsp3) is 0.391. The van der Waals surface area contributed by atoms with E-state index in [2.05, 4.69) is 10.6 Å². The van der Waals surface area contributed by atoms with E-state index in [1.807, 2.05) is 30.3 Å². The van der Waals surface area contributed by atoms with Crippen molar-refractivity contribution in [1.82, 2.24) is 5.32 Å². The highest BCUT2D eigenvalue weighted by molar-refractivity contribution is 6.01. The molecule has 1 atom stereocenters. The molecular weight excluding hydrogens is 409 g/mol. The van der Waals surface area contributed by atoms with Gasteiger partial charge in [0.1, 0.15) is 11.6 Å². The van der Waals surface area contributed by atoms with Crippen LogP contribution in [-0.4, -0.2) is 23.5 Å². The van der Waals surface area contributed by atoms with Gasteiger partial charge in [0.25, 0.3) is 5.91 Å². The zero-order chi connectivity index (χ0) is 23.2. The quantitative estimate of drug-likeness (QED) is 0.588. The molecule has 1 unspecified atom stereocenters. The van der Waals surface area contributed by atoms with Gasteiger partial charge in [0.15, 0.2) is 0 Å². The Kier molecular flexibility index (Phi) is 7.70. The molecule has 0 aliphatic heterocycles. The summed E-state index contributed by atoms with van der Waals surface area (Å²) in [6.07, 6.45) is -4.38. The van der Waals surface area contributed by atoms with Crippen molar-refractivity contribution in [1.29, 1.82) is 0 Å². The van der Waals surface area contributed by atoms with Gasteiger partial charge in [-0.3, -0.25) is 4.79 Å². The number of hydrogen-bond donors (Lipinski definition) is 2. The second-order valence-electron chi connectivity index (χ2n) is 8.07. The number of alkyl halides is 3. The summed E-state index contributed by atoms with van der Waals surface area (Å²) in [5, 5.41) is 5.51. The van der Waals surface area contributed by atoms with Crippen LogP contribution in [0, 0.1) is 0 Å². The number of carbonyl (C=O) groups excluding carboxylic acids is 2. The van der Waals surface area contributed by atoms with Crippen molar-refractivity contribution in [2.75, 3.05) is 5.32 Å². The number of benzene rings is 2. The van der Waals surface area contributed by atoms with Crippen LogP contribution in [0.25, 0.3) is 0 Å². The van der Waals surface area contributed by atoms with E-state index in [1.54, 1.807) is 27.7 Å². The summed E-state index contributed by atoms with van der Waals surface area (Å²) in [5.41, 5.74) is -0.781. The van der Waals surface area contributed by atoms with Gasteiger partial charge in [0, 0.05) is 12.2 Å². The lowest BCUT2D eigenvalue weighted by atomic mass is 10.1. The number of amides is 1. The van der Waals surface area contributed by atoms with Crippen molar-refractivity contribution in [3.8, 4) is 0 Å². The van der Waals surface area contributed by atoms with Crippen LogP contribution < -0.4 is 10.6 Å². The molecule has 2 aromatic carbocycles. The summed E-state index contributed by atoms with van der Waals surface area (Å²) in [5.74, 6) is -1.44. The average Bonchev–Trinajstić information content (AvgIpc) is 2.68. The highest BCUT2D eigenvalue weighted by Gasteiger charge is 2.32. The van der Waals surface area contributed by atoms with E-state index in [-0.39, 0.29) is 17.7 Å². The van der Waals surface area contributed by atoms with Crippen molar-refractivity contribution in [2.24, 2.45) is 0 Å². The lowest BCUT2D eigenvalue weighted by Crippen LogP contribution is -2.44. The van der Waals surface area contributed by atoms with Crippen LogP contribution in [0.15, 0.2) is 48.5 Å². The van der Waals surface area contributed by atoms with Gasteiger partial charge in [0.2, 0.25) is 0 Å². The summed E-state index contributed by atoms with van der Waals surface area (Å²) >= 11 is 0. The van der Waals surface area contributed by atoms with Gasteiger partial charge in [-0.25, -0.2) is 4.79 Å². The van der Waals surface area contributed by atoms with E-state index in [4.69, 9.17) is 4.74 Å². The molecule has 8 heteroatoms. The SMILES string of the molecule is CCC(NC(=O)c1cc(C(F)(F)F)ccc1NCc1ccccc1)C(=O)OC(C)(C)C. The molecule has 2 rings (SSSR count). The first-order chi connectivity index (χ1) is 14.4. The van der Waals surface area contributed by atoms with Crippen LogP contribution in [0.4, 0.5) is 18.9 Å². The molecule has 1 amide bonds. The van der Waals surface area contributed by atoms with E-state index in [9.17, 15) is 22.8 Å². The number of hydrogen-bond acceptors (Lipinski definition) is 4. The third-order valence-corrected chi connectivity index (χ3v) is 4.32. The summed E-state index contributed by atoms with van der Waals surface area (Å²) in [6.45, 7) is 7.07. The molecule has 0 heterocycles. The van der Waals surface area contributed by atoms with Crippen LogP contribution >= 0.6 is 0 Å². The molecule has 0 bridgehead atoms. The van der Waals surface area contributed by atoms with Crippen LogP contribution in [0.5, 0.6) is 0 Å². The number of nitrogens with one attached hydrogen (secondary N) is 2. The number of halogens is 3.